The maximum absolute atomic E-state index is 5.75. The highest BCUT2D eigenvalue weighted by Crippen LogP contribution is 2.13. The molecule has 0 saturated carbocycles. The predicted molar refractivity (Wildman–Crippen MR) is 72.9 cm³/mol. The lowest BCUT2D eigenvalue weighted by Gasteiger charge is -2.27. The van der Waals surface area contributed by atoms with Crippen molar-refractivity contribution in [3.05, 3.63) is 0 Å². The van der Waals surface area contributed by atoms with Crippen LogP contribution in [0, 0.1) is 0 Å². The summed E-state index contributed by atoms with van der Waals surface area (Å²) in [7, 11) is 2.19. The van der Waals surface area contributed by atoms with Crippen LogP contribution in [-0.4, -0.2) is 63.5 Å². The molecule has 2 heterocycles. The molecular weight excluding hydrogens is 228 g/mol. The molecular formula is C14H28N2O2. The van der Waals surface area contributed by atoms with Gasteiger partial charge in [0.1, 0.15) is 0 Å². The van der Waals surface area contributed by atoms with Crippen LogP contribution in [0.1, 0.15) is 32.1 Å². The van der Waals surface area contributed by atoms with Gasteiger partial charge in [0, 0.05) is 39.4 Å². The molecule has 0 aromatic heterocycles. The van der Waals surface area contributed by atoms with Crippen LogP contribution in [-0.2, 0) is 9.47 Å². The van der Waals surface area contributed by atoms with Crippen LogP contribution >= 0.6 is 0 Å². The molecule has 0 bridgehead atoms. The topological polar surface area (TPSA) is 33.7 Å². The van der Waals surface area contributed by atoms with Gasteiger partial charge >= 0.3 is 0 Å². The molecule has 2 fully saturated rings. The Labute approximate surface area is 111 Å². The van der Waals surface area contributed by atoms with Crippen LogP contribution in [0.15, 0.2) is 0 Å². The van der Waals surface area contributed by atoms with E-state index in [1.165, 1.54) is 32.1 Å². The molecule has 0 amide bonds. The minimum absolute atomic E-state index is 0.456. The zero-order valence-electron chi connectivity index (χ0n) is 11.7. The van der Waals surface area contributed by atoms with Crippen molar-refractivity contribution in [3.63, 3.8) is 0 Å². The van der Waals surface area contributed by atoms with Gasteiger partial charge in [0.25, 0.3) is 0 Å². The molecule has 0 radical (unpaired) electrons. The Kier molecular flexibility index (Phi) is 6.41. The van der Waals surface area contributed by atoms with Gasteiger partial charge < -0.3 is 19.7 Å². The van der Waals surface area contributed by atoms with Crippen LogP contribution in [0.4, 0.5) is 0 Å². The fourth-order valence-electron chi connectivity index (χ4n) is 2.73. The first-order valence-corrected chi connectivity index (χ1v) is 7.47. The van der Waals surface area contributed by atoms with E-state index in [2.05, 4.69) is 17.3 Å². The van der Waals surface area contributed by atoms with Crippen LogP contribution in [0.3, 0.4) is 0 Å². The molecule has 2 saturated heterocycles. The van der Waals surface area contributed by atoms with Gasteiger partial charge in [-0.1, -0.05) is 0 Å². The van der Waals surface area contributed by atoms with E-state index in [4.69, 9.17) is 9.47 Å². The first-order valence-electron chi connectivity index (χ1n) is 7.47. The largest absolute Gasteiger partial charge is 0.377 e. The van der Waals surface area contributed by atoms with E-state index in [0.29, 0.717) is 12.2 Å². The number of ether oxygens (including phenoxy) is 2. The SMILES string of the molecule is CN(CCNCC1CCCO1)CC1CCCCO1. The lowest BCUT2D eigenvalue weighted by molar-refractivity contribution is -0.00133. The van der Waals surface area contributed by atoms with Crippen molar-refractivity contribution in [1.82, 2.24) is 10.2 Å². The average Bonchev–Trinajstić information content (AvgIpc) is 2.89. The second kappa shape index (κ2) is 8.10. The maximum atomic E-state index is 5.75. The van der Waals surface area contributed by atoms with Crippen molar-refractivity contribution >= 4 is 0 Å². The van der Waals surface area contributed by atoms with E-state index in [1.54, 1.807) is 0 Å². The monoisotopic (exact) mass is 256 g/mol. The Morgan fingerprint density at radius 3 is 2.56 bits per heavy atom. The van der Waals surface area contributed by atoms with Crippen LogP contribution < -0.4 is 5.32 Å². The minimum atomic E-state index is 0.456. The number of nitrogens with zero attached hydrogens (tertiary/aromatic N) is 1. The van der Waals surface area contributed by atoms with Gasteiger partial charge in [-0.2, -0.15) is 0 Å². The molecule has 2 unspecified atom stereocenters. The summed E-state index contributed by atoms with van der Waals surface area (Å²) in [6.45, 7) is 6.12. The average molecular weight is 256 g/mol. The third kappa shape index (κ3) is 5.22. The number of nitrogens with one attached hydrogen (secondary N) is 1. The Balaban J connectivity index is 1.47. The van der Waals surface area contributed by atoms with Crippen molar-refractivity contribution in [2.75, 3.05) is 46.4 Å². The zero-order chi connectivity index (χ0) is 12.6. The van der Waals surface area contributed by atoms with Crippen molar-refractivity contribution in [3.8, 4) is 0 Å². The minimum Gasteiger partial charge on any atom is -0.377 e. The number of likely N-dealkylation sites (N-methyl/N-ethyl adjacent to an activating group) is 1. The highest BCUT2D eigenvalue weighted by molar-refractivity contribution is 4.70. The first-order chi connectivity index (χ1) is 8.84. The third-order valence-electron chi connectivity index (χ3n) is 3.86. The Hall–Kier alpha value is -0.160. The summed E-state index contributed by atoms with van der Waals surface area (Å²) in [5.74, 6) is 0. The van der Waals surface area contributed by atoms with Crippen molar-refractivity contribution in [1.29, 1.82) is 0 Å². The smallest absolute Gasteiger partial charge is 0.0701 e. The molecule has 0 aromatic rings. The number of hydrogen-bond donors (Lipinski definition) is 1. The number of rotatable bonds is 7. The molecule has 0 aromatic carbocycles. The first kappa shape index (κ1) is 14.3. The van der Waals surface area contributed by atoms with Gasteiger partial charge in [-0.15, -0.1) is 0 Å². The highest BCUT2D eigenvalue weighted by atomic mass is 16.5. The van der Waals surface area contributed by atoms with Crippen molar-refractivity contribution in [2.45, 2.75) is 44.3 Å². The summed E-state index contributed by atoms with van der Waals surface area (Å²) in [5, 5.41) is 3.49. The van der Waals surface area contributed by atoms with E-state index >= 15 is 0 Å². The van der Waals surface area contributed by atoms with Crippen LogP contribution in [0.5, 0.6) is 0 Å². The Morgan fingerprint density at radius 2 is 1.83 bits per heavy atom. The molecule has 1 N–H and O–H groups in total. The standard InChI is InChI=1S/C14H28N2O2/c1-16(12-14-5-2-3-9-18-14)8-7-15-11-13-6-4-10-17-13/h13-15H,2-12H2,1H3. The normalized spacial score (nSPS) is 29.0. The van der Waals surface area contributed by atoms with Gasteiger partial charge in [0.15, 0.2) is 0 Å². The summed E-state index contributed by atoms with van der Waals surface area (Å²) < 4.78 is 11.3. The van der Waals surface area contributed by atoms with Gasteiger partial charge in [-0.05, 0) is 39.2 Å². The van der Waals surface area contributed by atoms with Gasteiger partial charge in [0.05, 0.1) is 12.2 Å². The second-order valence-corrected chi connectivity index (χ2v) is 5.59. The molecule has 0 aliphatic carbocycles. The maximum Gasteiger partial charge on any atom is 0.0701 e. The van der Waals surface area contributed by atoms with Crippen molar-refractivity contribution < 1.29 is 9.47 Å². The van der Waals surface area contributed by atoms with E-state index in [0.717, 1.165) is 39.4 Å². The van der Waals surface area contributed by atoms with Crippen LogP contribution in [0.2, 0.25) is 0 Å². The van der Waals surface area contributed by atoms with Crippen molar-refractivity contribution in [2.24, 2.45) is 0 Å². The fraction of sp³-hybridized carbons (Fsp3) is 1.00. The summed E-state index contributed by atoms with van der Waals surface area (Å²) >= 11 is 0. The number of hydrogen-bond acceptors (Lipinski definition) is 4. The van der Waals surface area contributed by atoms with Crippen LogP contribution in [0.25, 0.3) is 0 Å². The quantitative estimate of drug-likeness (QED) is 0.695. The summed E-state index contributed by atoms with van der Waals surface area (Å²) in [6.07, 6.45) is 7.16. The molecule has 106 valence electrons. The van der Waals surface area contributed by atoms with E-state index in [-0.39, 0.29) is 0 Å². The van der Waals surface area contributed by atoms with E-state index in [1.807, 2.05) is 0 Å². The Morgan fingerprint density at radius 1 is 1.06 bits per heavy atom. The summed E-state index contributed by atoms with van der Waals surface area (Å²) in [5.41, 5.74) is 0. The van der Waals surface area contributed by atoms with Gasteiger partial charge in [0.2, 0.25) is 0 Å². The molecule has 2 rings (SSSR count). The Bertz CT molecular complexity index is 214. The molecule has 4 nitrogen and oxygen atoms in total. The molecule has 0 spiro atoms. The lowest BCUT2D eigenvalue weighted by Crippen LogP contribution is -2.38. The summed E-state index contributed by atoms with van der Waals surface area (Å²) in [6, 6.07) is 0. The zero-order valence-corrected chi connectivity index (χ0v) is 11.7. The molecule has 2 aliphatic heterocycles. The predicted octanol–water partition coefficient (Wildman–Crippen LogP) is 1.26. The summed E-state index contributed by atoms with van der Waals surface area (Å²) in [4.78, 5) is 2.37. The van der Waals surface area contributed by atoms with E-state index < -0.39 is 0 Å². The lowest BCUT2D eigenvalue weighted by atomic mass is 10.1. The van der Waals surface area contributed by atoms with E-state index in [9.17, 15) is 0 Å². The van der Waals surface area contributed by atoms with Gasteiger partial charge in [-0.3, -0.25) is 0 Å². The second-order valence-electron chi connectivity index (χ2n) is 5.59. The third-order valence-corrected chi connectivity index (χ3v) is 3.86. The molecule has 4 heteroatoms. The molecule has 18 heavy (non-hydrogen) atoms. The van der Waals surface area contributed by atoms with Gasteiger partial charge in [-0.25, -0.2) is 0 Å². The fourth-order valence-corrected chi connectivity index (χ4v) is 2.73. The highest BCUT2D eigenvalue weighted by Gasteiger charge is 2.16. The molecule has 2 aliphatic rings. The molecule has 2 atom stereocenters.